The van der Waals surface area contributed by atoms with Gasteiger partial charge in [-0.05, 0) is 43.4 Å². The molecule has 3 aliphatic rings. The molecule has 1 aromatic rings. The molecule has 1 saturated heterocycles. The summed E-state index contributed by atoms with van der Waals surface area (Å²) in [7, 11) is 0. The number of hydrogen-bond acceptors (Lipinski definition) is 5. The Bertz CT molecular complexity index is 710. The molecule has 4 rings (SSSR count). The number of nitrogens with one attached hydrogen (secondary N) is 1. The lowest BCUT2D eigenvalue weighted by Crippen LogP contribution is -2.56. The van der Waals surface area contributed by atoms with Gasteiger partial charge in [0.2, 0.25) is 12.7 Å². The van der Waals surface area contributed by atoms with E-state index in [1.807, 2.05) is 12.1 Å². The number of unbranched alkanes of at least 4 members (excludes halogenated alkanes) is 1. The minimum absolute atomic E-state index is 0.0190. The average Bonchev–Trinajstić information content (AvgIpc) is 3.16. The second kappa shape index (κ2) is 8.29. The normalized spacial score (nSPS) is 29.4. The van der Waals surface area contributed by atoms with Crippen LogP contribution in [0.1, 0.15) is 63.5 Å². The SMILES string of the molecule is CCCCNC(=O)CN1CC[C@]2(O)CCCC[C@@H]2[C@@H]1c1ccc2c(c1)OCO2. The van der Waals surface area contributed by atoms with Crippen LogP contribution >= 0.6 is 0 Å². The van der Waals surface area contributed by atoms with E-state index in [1.165, 1.54) is 0 Å². The first kappa shape index (κ1) is 19.5. The summed E-state index contributed by atoms with van der Waals surface area (Å²) in [4.78, 5) is 14.8. The van der Waals surface area contributed by atoms with Crippen molar-refractivity contribution in [3.05, 3.63) is 23.8 Å². The van der Waals surface area contributed by atoms with Crippen molar-refractivity contribution in [3.8, 4) is 11.5 Å². The van der Waals surface area contributed by atoms with E-state index < -0.39 is 5.60 Å². The van der Waals surface area contributed by atoms with Gasteiger partial charge in [0.1, 0.15) is 0 Å². The quantitative estimate of drug-likeness (QED) is 0.733. The van der Waals surface area contributed by atoms with Crippen LogP contribution in [0.25, 0.3) is 0 Å². The molecule has 0 aromatic heterocycles. The molecule has 6 heteroatoms. The predicted molar refractivity (Wildman–Crippen MR) is 106 cm³/mol. The van der Waals surface area contributed by atoms with Gasteiger partial charge in [0.05, 0.1) is 12.1 Å². The Morgan fingerprint density at radius 3 is 3.00 bits per heavy atom. The summed E-state index contributed by atoms with van der Waals surface area (Å²) in [6.07, 6.45) is 6.86. The minimum atomic E-state index is -0.630. The van der Waals surface area contributed by atoms with Crippen LogP contribution in [0.15, 0.2) is 18.2 Å². The third-order valence-electron chi connectivity index (χ3n) is 6.61. The average molecular weight is 389 g/mol. The van der Waals surface area contributed by atoms with Crippen molar-refractivity contribution >= 4 is 5.91 Å². The summed E-state index contributed by atoms with van der Waals surface area (Å²) in [5.74, 6) is 1.73. The third kappa shape index (κ3) is 3.85. The highest BCUT2D eigenvalue weighted by atomic mass is 16.7. The highest BCUT2D eigenvalue weighted by Crippen LogP contribution is 2.50. The maximum atomic E-state index is 12.5. The number of carbonyl (C=O) groups is 1. The summed E-state index contributed by atoms with van der Waals surface area (Å²) in [5, 5.41) is 14.4. The number of aliphatic hydroxyl groups is 1. The molecule has 1 saturated carbocycles. The zero-order valence-electron chi connectivity index (χ0n) is 16.8. The van der Waals surface area contributed by atoms with Crippen LogP contribution in [0.2, 0.25) is 0 Å². The van der Waals surface area contributed by atoms with E-state index >= 15 is 0 Å². The fraction of sp³-hybridized carbons (Fsp3) is 0.682. The van der Waals surface area contributed by atoms with Gasteiger partial charge < -0.3 is 19.9 Å². The van der Waals surface area contributed by atoms with Crippen LogP contribution in [-0.2, 0) is 4.79 Å². The summed E-state index contributed by atoms with van der Waals surface area (Å²) >= 11 is 0. The van der Waals surface area contributed by atoms with Gasteiger partial charge in [-0.15, -0.1) is 0 Å². The zero-order chi connectivity index (χ0) is 19.6. The fourth-order valence-corrected chi connectivity index (χ4v) is 5.10. The Morgan fingerprint density at radius 1 is 1.29 bits per heavy atom. The van der Waals surface area contributed by atoms with Gasteiger partial charge in [-0.2, -0.15) is 0 Å². The molecule has 1 amide bonds. The molecule has 0 radical (unpaired) electrons. The standard InChI is InChI=1S/C22H32N2O4/c1-2-3-11-23-20(25)14-24-12-10-22(26)9-5-4-6-17(22)21(24)16-7-8-18-19(13-16)28-15-27-18/h7-8,13,17,21,26H,2-6,9-12,14-15H2,1H3,(H,23,25)/t17-,21+,22-/m1/s1. The largest absolute Gasteiger partial charge is 0.454 e. The van der Waals surface area contributed by atoms with E-state index in [-0.39, 0.29) is 24.7 Å². The summed E-state index contributed by atoms with van der Waals surface area (Å²) in [5.41, 5.74) is 0.477. The highest BCUT2D eigenvalue weighted by Gasteiger charge is 2.49. The maximum absolute atomic E-state index is 12.5. The van der Waals surface area contributed by atoms with Crippen LogP contribution in [0, 0.1) is 5.92 Å². The fourth-order valence-electron chi connectivity index (χ4n) is 5.10. The van der Waals surface area contributed by atoms with Crippen molar-refractivity contribution in [3.63, 3.8) is 0 Å². The Morgan fingerprint density at radius 2 is 2.14 bits per heavy atom. The van der Waals surface area contributed by atoms with Crippen LogP contribution in [0.3, 0.4) is 0 Å². The number of nitrogens with zero attached hydrogens (tertiary/aromatic N) is 1. The number of fused-ring (bicyclic) bond motifs is 2. The summed E-state index contributed by atoms with van der Waals surface area (Å²) in [6.45, 7) is 4.20. The van der Waals surface area contributed by atoms with Crippen molar-refractivity contribution < 1.29 is 19.4 Å². The number of rotatable bonds is 6. The molecule has 2 heterocycles. The van der Waals surface area contributed by atoms with Gasteiger partial charge in [-0.3, -0.25) is 9.69 Å². The Kier molecular flexibility index (Phi) is 5.78. The van der Waals surface area contributed by atoms with Gasteiger partial charge in [0.15, 0.2) is 11.5 Å². The molecular formula is C22H32N2O4. The second-order valence-corrected chi connectivity index (χ2v) is 8.44. The molecule has 1 aliphatic carbocycles. The van der Waals surface area contributed by atoms with E-state index in [1.54, 1.807) is 0 Å². The van der Waals surface area contributed by atoms with Crippen LogP contribution in [0.4, 0.5) is 0 Å². The molecule has 1 aromatic carbocycles. The molecule has 0 unspecified atom stereocenters. The van der Waals surface area contributed by atoms with Crippen molar-refractivity contribution in [1.29, 1.82) is 0 Å². The molecule has 2 N–H and O–H groups in total. The smallest absolute Gasteiger partial charge is 0.234 e. The molecule has 2 aliphatic heterocycles. The Hall–Kier alpha value is -1.79. The first-order chi connectivity index (χ1) is 13.6. The number of ether oxygens (including phenoxy) is 2. The number of carbonyl (C=O) groups excluding carboxylic acids is 1. The van der Waals surface area contributed by atoms with Crippen molar-refractivity contribution in [1.82, 2.24) is 10.2 Å². The maximum Gasteiger partial charge on any atom is 0.234 e. The predicted octanol–water partition coefficient (Wildman–Crippen LogP) is 3.00. The van der Waals surface area contributed by atoms with E-state index in [0.29, 0.717) is 6.54 Å². The Balaban J connectivity index is 1.58. The molecule has 3 atom stereocenters. The van der Waals surface area contributed by atoms with E-state index in [9.17, 15) is 9.90 Å². The van der Waals surface area contributed by atoms with Crippen LogP contribution in [-0.4, -0.2) is 47.9 Å². The molecule has 6 nitrogen and oxygen atoms in total. The van der Waals surface area contributed by atoms with Gasteiger partial charge in [-0.1, -0.05) is 32.3 Å². The second-order valence-electron chi connectivity index (χ2n) is 8.44. The monoisotopic (exact) mass is 388 g/mol. The van der Waals surface area contributed by atoms with Gasteiger partial charge in [-0.25, -0.2) is 0 Å². The van der Waals surface area contributed by atoms with Crippen molar-refractivity contribution in [2.45, 2.75) is 63.5 Å². The topological polar surface area (TPSA) is 71.0 Å². The molecule has 28 heavy (non-hydrogen) atoms. The lowest BCUT2D eigenvalue weighted by atomic mass is 9.66. The molecule has 2 fully saturated rings. The highest BCUT2D eigenvalue weighted by molar-refractivity contribution is 5.78. The van der Waals surface area contributed by atoms with Crippen molar-refractivity contribution in [2.75, 3.05) is 26.4 Å². The number of likely N-dealkylation sites (tertiary alicyclic amines) is 1. The number of hydrogen-bond donors (Lipinski definition) is 2. The van der Waals surface area contributed by atoms with Crippen molar-refractivity contribution in [2.24, 2.45) is 5.92 Å². The summed E-state index contributed by atoms with van der Waals surface area (Å²) in [6, 6.07) is 6.08. The van der Waals surface area contributed by atoms with E-state index in [4.69, 9.17) is 9.47 Å². The van der Waals surface area contributed by atoms with E-state index in [2.05, 4.69) is 23.2 Å². The Labute approximate surface area is 167 Å². The minimum Gasteiger partial charge on any atom is -0.454 e. The third-order valence-corrected chi connectivity index (χ3v) is 6.61. The summed E-state index contributed by atoms with van der Waals surface area (Å²) < 4.78 is 11.1. The zero-order valence-corrected chi connectivity index (χ0v) is 16.8. The van der Waals surface area contributed by atoms with Gasteiger partial charge >= 0.3 is 0 Å². The lowest BCUT2D eigenvalue weighted by molar-refractivity contribution is -0.137. The van der Waals surface area contributed by atoms with Crippen LogP contribution < -0.4 is 14.8 Å². The number of benzene rings is 1. The molecule has 154 valence electrons. The van der Waals surface area contributed by atoms with Gasteiger partial charge in [0.25, 0.3) is 0 Å². The molecule has 0 bridgehead atoms. The first-order valence-corrected chi connectivity index (χ1v) is 10.7. The van der Waals surface area contributed by atoms with Gasteiger partial charge in [0, 0.05) is 25.0 Å². The van der Waals surface area contributed by atoms with E-state index in [0.717, 1.165) is 75.1 Å². The number of amides is 1. The molecule has 0 spiro atoms. The molecular weight excluding hydrogens is 356 g/mol. The van der Waals surface area contributed by atoms with Crippen LogP contribution in [0.5, 0.6) is 11.5 Å². The lowest BCUT2D eigenvalue weighted by Gasteiger charge is -2.52. The number of piperidine rings is 1. The first-order valence-electron chi connectivity index (χ1n) is 10.7.